The fraction of sp³-hybridized carbons (Fsp3) is 0.875. The van der Waals surface area contributed by atoms with Gasteiger partial charge in [-0.1, -0.05) is 6.42 Å². The third kappa shape index (κ3) is 2.35. The van der Waals surface area contributed by atoms with Gasteiger partial charge in [-0.2, -0.15) is 0 Å². The summed E-state index contributed by atoms with van der Waals surface area (Å²) in [5.74, 6) is 1.76. The zero-order valence-electron chi connectivity index (χ0n) is 6.15. The summed E-state index contributed by atoms with van der Waals surface area (Å²) in [5, 5.41) is 0. The summed E-state index contributed by atoms with van der Waals surface area (Å²) in [7, 11) is 1.77. The second kappa shape index (κ2) is 3.89. The molecular weight excluding hydrogens is 112 g/mol. The van der Waals surface area contributed by atoms with Gasteiger partial charge in [-0.25, -0.2) is 0 Å². The highest BCUT2D eigenvalue weighted by atomic mass is 16.5. The Balaban J connectivity index is 1.80. The Labute approximate surface area is 57.4 Å². The van der Waals surface area contributed by atoms with Crippen molar-refractivity contribution >= 4 is 0 Å². The second-order valence-electron chi connectivity index (χ2n) is 2.70. The fourth-order valence-electron chi connectivity index (χ4n) is 1.14. The molecule has 0 amide bonds. The summed E-state index contributed by atoms with van der Waals surface area (Å²) < 4.78 is 4.95. The molecule has 0 bridgehead atoms. The zero-order chi connectivity index (χ0) is 6.53. The molecular formula is C8H15O. The van der Waals surface area contributed by atoms with Gasteiger partial charge in [0.15, 0.2) is 0 Å². The number of methoxy groups -OCH3 is 1. The van der Waals surface area contributed by atoms with Crippen molar-refractivity contribution in [2.24, 2.45) is 0 Å². The second-order valence-corrected chi connectivity index (χ2v) is 2.70. The van der Waals surface area contributed by atoms with Crippen molar-refractivity contribution in [1.29, 1.82) is 0 Å². The molecule has 1 rings (SSSR count). The van der Waals surface area contributed by atoms with Crippen LogP contribution in [-0.4, -0.2) is 13.7 Å². The molecule has 1 heteroatoms. The molecule has 0 N–H and O–H groups in total. The molecule has 0 aromatic heterocycles. The van der Waals surface area contributed by atoms with E-state index in [1.54, 1.807) is 13.0 Å². The normalized spacial score (nSPS) is 19.7. The first-order chi connectivity index (χ1) is 4.43. The summed E-state index contributed by atoms with van der Waals surface area (Å²) in [6.45, 7) is 0.934. The van der Waals surface area contributed by atoms with E-state index in [9.17, 15) is 0 Å². The lowest BCUT2D eigenvalue weighted by Crippen LogP contribution is -2.08. The average Bonchev–Trinajstić information content (AvgIpc) is 1.76. The molecule has 9 heavy (non-hydrogen) atoms. The predicted octanol–water partition coefficient (Wildman–Crippen LogP) is 2.17. The van der Waals surface area contributed by atoms with E-state index in [2.05, 4.69) is 0 Å². The molecule has 0 heterocycles. The molecule has 0 aliphatic heterocycles. The van der Waals surface area contributed by atoms with Crippen LogP contribution in [0.15, 0.2) is 0 Å². The lowest BCUT2D eigenvalue weighted by Gasteiger charge is -2.24. The minimum Gasteiger partial charge on any atom is -0.385 e. The Kier molecular flexibility index (Phi) is 3.05. The molecule has 53 valence electrons. The zero-order valence-corrected chi connectivity index (χ0v) is 6.15. The Morgan fingerprint density at radius 2 is 2.22 bits per heavy atom. The van der Waals surface area contributed by atoms with E-state index in [4.69, 9.17) is 4.74 Å². The van der Waals surface area contributed by atoms with E-state index in [1.165, 1.54) is 32.1 Å². The van der Waals surface area contributed by atoms with Crippen molar-refractivity contribution < 1.29 is 4.74 Å². The van der Waals surface area contributed by atoms with Gasteiger partial charge in [0.25, 0.3) is 0 Å². The van der Waals surface area contributed by atoms with Crippen molar-refractivity contribution in [3.63, 3.8) is 0 Å². The lowest BCUT2D eigenvalue weighted by molar-refractivity contribution is 0.191. The van der Waals surface area contributed by atoms with Crippen molar-refractivity contribution in [1.82, 2.24) is 0 Å². The highest BCUT2D eigenvalue weighted by Crippen LogP contribution is 2.32. The fourth-order valence-corrected chi connectivity index (χ4v) is 1.14. The summed E-state index contributed by atoms with van der Waals surface area (Å²) in [5.41, 5.74) is 0. The lowest BCUT2D eigenvalue weighted by atomic mass is 9.82. The Bertz CT molecular complexity index is 67.0. The average molecular weight is 127 g/mol. The first-order valence-corrected chi connectivity index (χ1v) is 3.76. The topological polar surface area (TPSA) is 9.23 Å². The maximum atomic E-state index is 4.95. The third-order valence-electron chi connectivity index (χ3n) is 1.94. The number of ether oxygens (including phenoxy) is 1. The van der Waals surface area contributed by atoms with Crippen LogP contribution < -0.4 is 0 Å². The standard InChI is InChI=1S/C8H15O/c1-9-7-3-6-8-4-2-5-8/h2-7H2,1H3. The van der Waals surface area contributed by atoms with Crippen LogP contribution in [0.3, 0.4) is 0 Å². The van der Waals surface area contributed by atoms with Gasteiger partial charge in [0.05, 0.1) is 0 Å². The van der Waals surface area contributed by atoms with Crippen molar-refractivity contribution in [3.8, 4) is 0 Å². The Morgan fingerprint density at radius 3 is 2.67 bits per heavy atom. The van der Waals surface area contributed by atoms with Crippen molar-refractivity contribution in [2.75, 3.05) is 13.7 Å². The number of hydrogen-bond donors (Lipinski definition) is 0. The van der Waals surface area contributed by atoms with Crippen molar-refractivity contribution in [3.05, 3.63) is 5.92 Å². The van der Waals surface area contributed by atoms with Gasteiger partial charge >= 0.3 is 0 Å². The molecule has 1 radical (unpaired) electrons. The van der Waals surface area contributed by atoms with E-state index >= 15 is 0 Å². The molecule has 0 atom stereocenters. The van der Waals surface area contributed by atoms with Crippen LogP contribution in [0.2, 0.25) is 0 Å². The van der Waals surface area contributed by atoms with Crippen LogP contribution in [-0.2, 0) is 4.74 Å². The van der Waals surface area contributed by atoms with E-state index in [0.717, 1.165) is 6.61 Å². The van der Waals surface area contributed by atoms with Gasteiger partial charge in [-0.3, -0.25) is 0 Å². The highest BCUT2D eigenvalue weighted by Gasteiger charge is 2.16. The molecule has 0 spiro atoms. The molecule has 0 saturated heterocycles. The van der Waals surface area contributed by atoms with Crippen LogP contribution in [0.25, 0.3) is 0 Å². The largest absolute Gasteiger partial charge is 0.385 e. The summed E-state index contributed by atoms with van der Waals surface area (Å²) in [6.07, 6.45) is 6.76. The molecule has 1 aliphatic rings. The molecule has 0 unspecified atom stereocenters. The molecule has 1 fully saturated rings. The highest BCUT2D eigenvalue weighted by molar-refractivity contribution is 4.97. The number of rotatable bonds is 4. The van der Waals surface area contributed by atoms with Crippen LogP contribution in [0, 0.1) is 5.92 Å². The predicted molar refractivity (Wildman–Crippen MR) is 38.2 cm³/mol. The molecule has 0 aromatic rings. The molecule has 1 saturated carbocycles. The minimum atomic E-state index is 0.934. The SMILES string of the molecule is COCCC[C]1CCC1. The summed E-state index contributed by atoms with van der Waals surface area (Å²) >= 11 is 0. The molecule has 0 aromatic carbocycles. The molecule has 1 nitrogen and oxygen atoms in total. The van der Waals surface area contributed by atoms with Gasteiger partial charge in [-0.05, 0) is 31.6 Å². The minimum absolute atomic E-state index is 0.934. The Hall–Kier alpha value is -0.0400. The van der Waals surface area contributed by atoms with Gasteiger partial charge in [-0.15, -0.1) is 0 Å². The van der Waals surface area contributed by atoms with Crippen LogP contribution in [0.4, 0.5) is 0 Å². The summed E-state index contributed by atoms with van der Waals surface area (Å²) in [6, 6.07) is 0. The number of hydrogen-bond acceptors (Lipinski definition) is 1. The first kappa shape index (κ1) is 7.07. The van der Waals surface area contributed by atoms with Gasteiger partial charge in [0.2, 0.25) is 0 Å². The van der Waals surface area contributed by atoms with Crippen LogP contribution in [0.1, 0.15) is 32.1 Å². The van der Waals surface area contributed by atoms with Crippen LogP contribution in [0.5, 0.6) is 0 Å². The van der Waals surface area contributed by atoms with Crippen LogP contribution >= 0.6 is 0 Å². The molecule has 1 aliphatic carbocycles. The van der Waals surface area contributed by atoms with E-state index in [0.29, 0.717) is 0 Å². The third-order valence-corrected chi connectivity index (χ3v) is 1.94. The smallest absolute Gasteiger partial charge is 0.0462 e. The first-order valence-electron chi connectivity index (χ1n) is 3.76. The van der Waals surface area contributed by atoms with Crippen molar-refractivity contribution in [2.45, 2.75) is 32.1 Å². The van der Waals surface area contributed by atoms with Gasteiger partial charge in [0.1, 0.15) is 0 Å². The maximum Gasteiger partial charge on any atom is 0.0462 e. The van der Waals surface area contributed by atoms with Gasteiger partial charge < -0.3 is 4.74 Å². The Morgan fingerprint density at radius 1 is 1.44 bits per heavy atom. The van der Waals surface area contributed by atoms with E-state index in [1.807, 2.05) is 0 Å². The van der Waals surface area contributed by atoms with E-state index < -0.39 is 0 Å². The maximum absolute atomic E-state index is 4.95. The van der Waals surface area contributed by atoms with Gasteiger partial charge in [0, 0.05) is 13.7 Å². The van der Waals surface area contributed by atoms with E-state index in [-0.39, 0.29) is 0 Å². The monoisotopic (exact) mass is 127 g/mol. The quantitative estimate of drug-likeness (QED) is 0.526. The summed E-state index contributed by atoms with van der Waals surface area (Å²) in [4.78, 5) is 0.